The van der Waals surface area contributed by atoms with Gasteiger partial charge in [0.1, 0.15) is 28.0 Å². The SMILES string of the molecule is c1ccc(-c2nc(-c3ccccc3)c3c4cc(-c5ccc(N(c6ccc(-c7cccc8c7oc7ccccc78)cc6)c6ccc(-c7cccc8c7oc7ccccc78)cc6)cc5)ccc4n(-c4ccccc4)c3n2)cc1. The van der Waals surface area contributed by atoms with E-state index < -0.39 is 0 Å². The number of anilines is 3. The molecule has 0 saturated heterocycles. The van der Waals surface area contributed by atoms with Crippen LogP contribution in [0, 0.1) is 0 Å². The van der Waals surface area contributed by atoms with E-state index in [0.29, 0.717) is 5.82 Å². The number of nitrogens with zero attached hydrogens (tertiary/aromatic N) is 4. The van der Waals surface area contributed by atoms with E-state index in [0.717, 1.165) is 139 Å². The van der Waals surface area contributed by atoms with E-state index in [1.165, 1.54) is 0 Å². The smallest absolute Gasteiger partial charge is 0.162 e. The quantitative estimate of drug-likeness (QED) is 0.144. The van der Waals surface area contributed by atoms with E-state index in [-0.39, 0.29) is 0 Å². The average molecular weight is 973 g/mol. The van der Waals surface area contributed by atoms with Crippen molar-refractivity contribution < 1.29 is 8.83 Å². The van der Waals surface area contributed by atoms with Crippen molar-refractivity contribution in [2.45, 2.75) is 0 Å². The van der Waals surface area contributed by atoms with Gasteiger partial charge in [-0.3, -0.25) is 4.57 Å². The predicted molar refractivity (Wildman–Crippen MR) is 313 cm³/mol. The number of furan rings is 2. The van der Waals surface area contributed by atoms with Gasteiger partial charge < -0.3 is 13.7 Å². The second-order valence-corrected chi connectivity index (χ2v) is 19.3. The summed E-state index contributed by atoms with van der Waals surface area (Å²) in [6, 6.07) is 93.9. The Morgan fingerprint density at radius 1 is 0.329 bits per heavy atom. The highest BCUT2D eigenvalue weighted by atomic mass is 16.3. The van der Waals surface area contributed by atoms with Gasteiger partial charge in [0, 0.05) is 71.9 Å². The van der Waals surface area contributed by atoms with E-state index in [1.54, 1.807) is 0 Å². The van der Waals surface area contributed by atoms with E-state index in [4.69, 9.17) is 18.8 Å². The fraction of sp³-hybridized carbons (Fsp3) is 0. The second-order valence-electron chi connectivity index (χ2n) is 19.3. The van der Waals surface area contributed by atoms with Crippen LogP contribution in [0.2, 0.25) is 0 Å². The largest absolute Gasteiger partial charge is 0.455 e. The molecular weight excluding hydrogens is 929 g/mol. The number of hydrogen-bond donors (Lipinski definition) is 0. The van der Waals surface area contributed by atoms with Crippen molar-refractivity contribution in [3.8, 4) is 61.7 Å². The zero-order valence-electron chi connectivity index (χ0n) is 41.0. The molecule has 0 bridgehead atoms. The normalized spacial score (nSPS) is 11.7. The third-order valence-corrected chi connectivity index (χ3v) is 14.8. The first-order chi connectivity index (χ1) is 37.7. The first kappa shape index (κ1) is 43.3. The lowest BCUT2D eigenvalue weighted by atomic mass is 10.00. The van der Waals surface area contributed by atoms with Gasteiger partial charge in [-0.25, -0.2) is 9.97 Å². The topological polar surface area (TPSA) is 60.2 Å². The van der Waals surface area contributed by atoms with Gasteiger partial charge in [0.2, 0.25) is 0 Å². The molecule has 0 fully saturated rings. The lowest BCUT2D eigenvalue weighted by Gasteiger charge is -2.26. The summed E-state index contributed by atoms with van der Waals surface area (Å²) in [5.41, 5.74) is 19.0. The molecule has 15 rings (SSSR count). The molecule has 76 heavy (non-hydrogen) atoms. The average Bonchev–Trinajstić information content (AvgIpc) is 4.20. The van der Waals surface area contributed by atoms with Crippen molar-refractivity contribution in [3.05, 3.63) is 267 Å². The minimum atomic E-state index is 0.684. The Morgan fingerprint density at radius 2 is 0.789 bits per heavy atom. The second kappa shape index (κ2) is 17.7. The van der Waals surface area contributed by atoms with Gasteiger partial charge in [-0.2, -0.15) is 0 Å². The zero-order chi connectivity index (χ0) is 50.1. The maximum Gasteiger partial charge on any atom is 0.162 e. The van der Waals surface area contributed by atoms with Gasteiger partial charge in [-0.05, 0) is 95.1 Å². The molecule has 0 spiro atoms. The Balaban J connectivity index is 0.853. The number of hydrogen-bond acceptors (Lipinski definition) is 5. The van der Waals surface area contributed by atoms with Gasteiger partial charge in [-0.15, -0.1) is 0 Å². The van der Waals surface area contributed by atoms with Crippen LogP contribution >= 0.6 is 0 Å². The Hall–Kier alpha value is -10.3. The van der Waals surface area contributed by atoms with Crippen LogP contribution in [-0.2, 0) is 0 Å². The number of fused-ring (bicyclic) bond motifs is 9. The van der Waals surface area contributed by atoms with Crippen LogP contribution in [0.5, 0.6) is 0 Å². The molecule has 11 aromatic carbocycles. The van der Waals surface area contributed by atoms with E-state index in [2.05, 4.69) is 234 Å². The molecular formula is C70H44N4O2. The highest BCUT2D eigenvalue weighted by Crippen LogP contribution is 2.44. The van der Waals surface area contributed by atoms with Crippen molar-refractivity contribution in [2.75, 3.05) is 4.90 Å². The van der Waals surface area contributed by atoms with E-state index >= 15 is 0 Å². The molecule has 6 nitrogen and oxygen atoms in total. The molecule has 0 aliphatic carbocycles. The van der Waals surface area contributed by atoms with Gasteiger partial charge in [-0.1, -0.05) is 194 Å². The molecule has 0 amide bonds. The highest BCUT2D eigenvalue weighted by Gasteiger charge is 2.23. The van der Waals surface area contributed by atoms with Crippen LogP contribution in [-0.4, -0.2) is 14.5 Å². The lowest BCUT2D eigenvalue weighted by molar-refractivity contribution is 0.669. The molecule has 4 aromatic heterocycles. The Bertz CT molecular complexity index is 4500. The third kappa shape index (κ3) is 7.18. The molecule has 4 heterocycles. The standard InChI is InChI=1S/C70H44N4O2/c1-4-16-48(17-5-1)66-65-61-44-50(36-43-62(61)74(51-20-8-3-9-21-51)70(65)72-69(71-66)49-18-6-2-7-19-49)45-30-37-52(38-31-45)73(53-39-32-46(33-40-53)55-24-14-26-59-57-22-10-12-28-63(57)75-67(55)59)54-41-34-47(35-42-54)56-25-15-27-60-58-23-11-13-29-64(58)76-68(56)60/h1-44H. The van der Waals surface area contributed by atoms with E-state index in [9.17, 15) is 0 Å². The summed E-state index contributed by atoms with van der Waals surface area (Å²) in [6.07, 6.45) is 0. The van der Waals surface area contributed by atoms with Crippen LogP contribution in [0.25, 0.3) is 128 Å². The van der Waals surface area contributed by atoms with Crippen molar-refractivity contribution in [1.82, 2.24) is 14.5 Å². The maximum atomic E-state index is 6.48. The molecule has 0 atom stereocenters. The Kier molecular flexibility index (Phi) is 10.1. The van der Waals surface area contributed by atoms with Gasteiger partial charge >= 0.3 is 0 Å². The van der Waals surface area contributed by atoms with Crippen LogP contribution in [0.4, 0.5) is 17.1 Å². The summed E-state index contributed by atoms with van der Waals surface area (Å²) in [5, 5.41) is 6.55. The summed E-state index contributed by atoms with van der Waals surface area (Å²) < 4.78 is 15.2. The molecule has 0 N–H and O–H groups in total. The molecule has 0 saturated carbocycles. The predicted octanol–water partition coefficient (Wildman–Crippen LogP) is 19.2. The molecule has 356 valence electrons. The van der Waals surface area contributed by atoms with Gasteiger partial charge in [0.05, 0.1) is 16.6 Å². The van der Waals surface area contributed by atoms with Crippen molar-refractivity contribution in [2.24, 2.45) is 0 Å². The summed E-state index contributed by atoms with van der Waals surface area (Å²) in [7, 11) is 0. The van der Waals surface area contributed by atoms with Crippen LogP contribution in [0.3, 0.4) is 0 Å². The molecule has 6 heteroatoms. The highest BCUT2D eigenvalue weighted by molar-refractivity contribution is 6.15. The zero-order valence-corrected chi connectivity index (χ0v) is 41.0. The van der Waals surface area contributed by atoms with E-state index in [1.807, 2.05) is 42.5 Å². The number of benzene rings is 11. The fourth-order valence-corrected chi connectivity index (χ4v) is 11.2. The number of para-hydroxylation sites is 5. The Labute approximate surface area is 437 Å². The lowest BCUT2D eigenvalue weighted by Crippen LogP contribution is -2.09. The molecule has 0 aliphatic heterocycles. The summed E-state index contributed by atoms with van der Waals surface area (Å²) in [5.74, 6) is 0.684. The fourth-order valence-electron chi connectivity index (χ4n) is 11.2. The van der Waals surface area contributed by atoms with Crippen LogP contribution < -0.4 is 4.90 Å². The summed E-state index contributed by atoms with van der Waals surface area (Å²) >= 11 is 0. The maximum absolute atomic E-state index is 6.48. The molecule has 0 unspecified atom stereocenters. The van der Waals surface area contributed by atoms with Crippen molar-refractivity contribution in [1.29, 1.82) is 0 Å². The van der Waals surface area contributed by atoms with Crippen LogP contribution in [0.1, 0.15) is 0 Å². The monoisotopic (exact) mass is 972 g/mol. The first-order valence-electron chi connectivity index (χ1n) is 25.6. The molecule has 15 aromatic rings. The molecule has 0 aliphatic rings. The summed E-state index contributed by atoms with van der Waals surface area (Å²) in [6.45, 7) is 0. The summed E-state index contributed by atoms with van der Waals surface area (Å²) in [4.78, 5) is 13.0. The minimum Gasteiger partial charge on any atom is -0.455 e. The van der Waals surface area contributed by atoms with Gasteiger partial charge in [0.25, 0.3) is 0 Å². The minimum absolute atomic E-state index is 0.684. The number of rotatable bonds is 9. The van der Waals surface area contributed by atoms with Gasteiger partial charge in [0.15, 0.2) is 5.82 Å². The van der Waals surface area contributed by atoms with Crippen molar-refractivity contribution in [3.63, 3.8) is 0 Å². The van der Waals surface area contributed by atoms with Crippen molar-refractivity contribution >= 4 is 82.9 Å². The van der Waals surface area contributed by atoms with Crippen LogP contribution in [0.15, 0.2) is 276 Å². The first-order valence-corrected chi connectivity index (χ1v) is 25.6. The number of aromatic nitrogens is 3. The molecule has 0 radical (unpaired) electrons. The Morgan fingerprint density at radius 3 is 1.34 bits per heavy atom. The third-order valence-electron chi connectivity index (χ3n) is 14.8.